The highest BCUT2D eigenvalue weighted by Crippen LogP contribution is 2.32. The highest BCUT2D eigenvalue weighted by Gasteiger charge is 2.15. The van der Waals surface area contributed by atoms with Crippen LogP contribution in [0.2, 0.25) is 0 Å². The van der Waals surface area contributed by atoms with Crippen LogP contribution in [0.3, 0.4) is 0 Å². The number of aryl methyl sites for hydroxylation is 1. The number of fused-ring (bicyclic) bond motifs is 2. The zero-order valence-corrected chi connectivity index (χ0v) is 18.0. The molecule has 32 heavy (non-hydrogen) atoms. The lowest BCUT2D eigenvalue weighted by Gasteiger charge is -2.07. The molecule has 0 saturated heterocycles. The zero-order chi connectivity index (χ0) is 21.7. The Hall–Kier alpha value is -4.03. The van der Waals surface area contributed by atoms with Crippen molar-refractivity contribution in [2.24, 2.45) is 0 Å². The number of para-hydroxylation sites is 4. The summed E-state index contributed by atoms with van der Waals surface area (Å²) in [5.74, 6) is 0.210. The van der Waals surface area contributed by atoms with Crippen LogP contribution in [0.25, 0.3) is 43.9 Å². The Kier molecular flexibility index (Phi) is 4.26. The van der Waals surface area contributed by atoms with Gasteiger partial charge in [0.1, 0.15) is 17.8 Å². The third-order valence-electron chi connectivity index (χ3n) is 5.59. The van der Waals surface area contributed by atoms with E-state index in [1.165, 1.54) is 5.56 Å². The van der Waals surface area contributed by atoms with Crippen molar-refractivity contribution in [3.05, 3.63) is 96.4 Å². The van der Waals surface area contributed by atoms with Gasteiger partial charge in [-0.2, -0.15) is 0 Å². The number of aromatic nitrogens is 4. The van der Waals surface area contributed by atoms with Crippen LogP contribution in [0.4, 0.5) is 0 Å². The molecule has 3 heterocycles. The van der Waals surface area contributed by atoms with Gasteiger partial charge in [0.25, 0.3) is 6.33 Å². The number of benzene rings is 3. The molecular weight excluding hydrogens is 416 g/mol. The van der Waals surface area contributed by atoms with E-state index in [9.17, 15) is 5.11 Å². The second-order valence-electron chi connectivity index (χ2n) is 7.62. The molecule has 0 radical (unpaired) electrons. The monoisotopic (exact) mass is 434 g/mol. The number of phenolic OH excluding ortho intramolecular Hbond substituents is 1. The van der Waals surface area contributed by atoms with E-state index in [0.29, 0.717) is 5.69 Å². The summed E-state index contributed by atoms with van der Waals surface area (Å²) in [6, 6.07) is 23.7. The molecule has 0 aliphatic heterocycles. The van der Waals surface area contributed by atoms with E-state index >= 15 is 0 Å². The first kappa shape index (κ1) is 18.7. The lowest BCUT2D eigenvalue weighted by Crippen LogP contribution is -2.29. The molecule has 6 rings (SSSR count). The lowest BCUT2D eigenvalue weighted by atomic mass is 10.1. The number of hydrogen-bond acceptors (Lipinski definition) is 4. The molecule has 6 aromatic rings. The lowest BCUT2D eigenvalue weighted by molar-refractivity contribution is -0.572. The van der Waals surface area contributed by atoms with Gasteiger partial charge in [0.2, 0.25) is 0 Å². The largest absolute Gasteiger partial charge is 0.511 e. The second-order valence-corrected chi connectivity index (χ2v) is 8.50. The Morgan fingerprint density at radius 1 is 0.969 bits per heavy atom. The third kappa shape index (κ3) is 2.88. The number of aromatic hydroxyl groups is 1. The van der Waals surface area contributed by atoms with Gasteiger partial charge in [-0.25, -0.2) is 9.97 Å². The van der Waals surface area contributed by atoms with Crippen molar-refractivity contribution >= 4 is 32.6 Å². The van der Waals surface area contributed by atoms with E-state index in [4.69, 9.17) is 0 Å². The van der Waals surface area contributed by atoms with Crippen LogP contribution in [0.5, 0.6) is 5.75 Å². The summed E-state index contributed by atoms with van der Waals surface area (Å²) in [6.07, 6.45) is 5.06. The molecule has 0 unspecified atom stereocenters. The highest BCUT2D eigenvalue weighted by molar-refractivity contribution is 7.17. The molecule has 5 nitrogen and oxygen atoms in total. The summed E-state index contributed by atoms with van der Waals surface area (Å²) in [5, 5.41) is 12.6. The number of rotatable bonds is 3. The number of thiophene rings is 1. The average molecular weight is 435 g/mol. The number of nitrogens with zero attached hydrogens (tertiary/aromatic N) is 4. The van der Waals surface area contributed by atoms with Gasteiger partial charge in [0.05, 0.1) is 32.6 Å². The van der Waals surface area contributed by atoms with E-state index in [-0.39, 0.29) is 5.75 Å². The smallest absolute Gasteiger partial charge is 0.269 e. The Morgan fingerprint density at radius 2 is 1.81 bits per heavy atom. The van der Waals surface area contributed by atoms with Crippen molar-refractivity contribution in [3.8, 4) is 28.4 Å². The van der Waals surface area contributed by atoms with Crippen molar-refractivity contribution in [3.63, 3.8) is 0 Å². The van der Waals surface area contributed by atoms with Crippen LogP contribution in [0.1, 0.15) is 5.56 Å². The molecule has 0 fully saturated rings. The summed E-state index contributed by atoms with van der Waals surface area (Å²) < 4.78 is 5.00. The van der Waals surface area contributed by atoms with Gasteiger partial charge < -0.3 is 5.11 Å². The standard InChI is InChI=1S/C26H18N4OS/c1-17-14-32-26-24(17)27-15-28-25(26)18-7-6-8-19(13-18)29-16-30(21-10-3-2-9-20(21)29)22-11-4-5-12-23(22)31/h2-15,31H,1H3. The maximum atomic E-state index is 10.4. The van der Waals surface area contributed by atoms with Crippen molar-refractivity contribution in [2.45, 2.75) is 6.92 Å². The predicted molar refractivity (Wildman–Crippen MR) is 126 cm³/mol. The zero-order valence-electron chi connectivity index (χ0n) is 17.2. The van der Waals surface area contributed by atoms with Crippen LogP contribution in [0.15, 0.2) is 84.5 Å². The first-order valence-electron chi connectivity index (χ1n) is 10.2. The van der Waals surface area contributed by atoms with Crippen molar-refractivity contribution in [2.75, 3.05) is 0 Å². The fourth-order valence-corrected chi connectivity index (χ4v) is 5.06. The van der Waals surface area contributed by atoms with Crippen LogP contribution < -0.4 is 4.57 Å². The number of imidazole rings is 1. The van der Waals surface area contributed by atoms with Crippen molar-refractivity contribution < 1.29 is 9.67 Å². The molecule has 1 N–H and O–H groups in total. The summed E-state index contributed by atoms with van der Waals surface area (Å²) >= 11 is 1.67. The van der Waals surface area contributed by atoms with E-state index in [0.717, 1.165) is 38.2 Å². The van der Waals surface area contributed by atoms with Gasteiger partial charge in [-0.3, -0.25) is 9.13 Å². The summed E-state index contributed by atoms with van der Waals surface area (Å²) in [4.78, 5) is 9.05. The molecule has 3 aromatic heterocycles. The van der Waals surface area contributed by atoms with Gasteiger partial charge in [0, 0.05) is 0 Å². The van der Waals surface area contributed by atoms with Gasteiger partial charge in [-0.1, -0.05) is 48.5 Å². The Bertz CT molecular complexity index is 1620. The van der Waals surface area contributed by atoms with Crippen molar-refractivity contribution in [1.29, 1.82) is 0 Å². The molecule has 0 atom stereocenters. The van der Waals surface area contributed by atoms with Gasteiger partial charge >= 0.3 is 0 Å². The minimum Gasteiger partial charge on any atom is -0.511 e. The van der Waals surface area contributed by atoms with Crippen LogP contribution in [-0.4, -0.2) is 19.6 Å². The Balaban J connectivity index is 1.56. The fourth-order valence-electron chi connectivity index (χ4n) is 4.05. The first-order valence-corrected chi connectivity index (χ1v) is 11.1. The maximum Gasteiger partial charge on any atom is 0.269 e. The van der Waals surface area contributed by atoms with Gasteiger partial charge in [0.15, 0.2) is 0 Å². The minimum atomic E-state index is 0.210. The normalized spacial score (nSPS) is 11.4. The molecule has 0 spiro atoms. The topological polar surface area (TPSA) is 54.8 Å². The minimum absolute atomic E-state index is 0.210. The van der Waals surface area contributed by atoms with Crippen LogP contribution in [0, 0.1) is 13.3 Å². The summed E-state index contributed by atoms with van der Waals surface area (Å²) in [6.45, 7) is 2.07. The van der Waals surface area contributed by atoms with E-state index < -0.39 is 0 Å². The molecule has 0 aliphatic carbocycles. The van der Waals surface area contributed by atoms with Gasteiger partial charge in [-0.05, 0) is 47.7 Å². The van der Waals surface area contributed by atoms with E-state index in [1.54, 1.807) is 23.7 Å². The maximum absolute atomic E-state index is 10.4. The summed E-state index contributed by atoms with van der Waals surface area (Å²) in [5.41, 5.74) is 7.72. The molecule has 154 valence electrons. The SMILES string of the molecule is Cc1csc2c(-c3cccc(-[n+]4[c-]n(-c5ccccc5O)c5ccccc54)c3)ncnc12. The summed E-state index contributed by atoms with van der Waals surface area (Å²) in [7, 11) is 0. The van der Waals surface area contributed by atoms with E-state index in [2.05, 4.69) is 52.9 Å². The Morgan fingerprint density at radius 3 is 2.72 bits per heavy atom. The second kappa shape index (κ2) is 7.28. The third-order valence-corrected chi connectivity index (χ3v) is 6.69. The molecule has 0 amide bonds. The number of phenols is 1. The molecular formula is C26H18N4OS. The first-order chi connectivity index (χ1) is 15.7. The van der Waals surface area contributed by atoms with E-state index in [1.807, 2.05) is 51.6 Å². The molecule has 6 heteroatoms. The van der Waals surface area contributed by atoms with Crippen LogP contribution in [-0.2, 0) is 0 Å². The predicted octanol–water partition coefficient (Wildman–Crippen LogP) is 5.39. The quantitative estimate of drug-likeness (QED) is 0.300. The molecule has 3 aromatic carbocycles. The average Bonchev–Trinajstić information content (AvgIpc) is 3.41. The number of hydrogen-bond donors (Lipinski definition) is 1. The van der Waals surface area contributed by atoms with Gasteiger partial charge in [-0.15, -0.1) is 11.3 Å². The molecule has 0 aliphatic rings. The highest BCUT2D eigenvalue weighted by atomic mass is 32.1. The fraction of sp³-hybridized carbons (Fsp3) is 0.0385. The molecule has 0 saturated carbocycles. The van der Waals surface area contributed by atoms with Crippen LogP contribution >= 0.6 is 11.3 Å². The van der Waals surface area contributed by atoms with Crippen molar-refractivity contribution in [1.82, 2.24) is 14.5 Å². The molecule has 0 bridgehead atoms. The Labute approximate surface area is 188 Å².